The monoisotopic (exact) mass is 653 g/mol. The zero-order valence-corrected chi connectivity index (χ0v) is 27.2. The van der Waals surface area contributed by atoms with Crippen molar-refractivity contribution in [1.29, 1.82) is 0 Å². The van der Waals surface area contributed by atoms with Crippen LogP contribution in [0.3, 0.4) is 0 Å². The molecule has 4 aromatic carbocycles. The van der Waals surface area contributed by atoms with E-state index in [4.69, 9.17) is 11.6 Å². The molecule has 1 aliphatic heterocycles. The van der Waals surface area contributed by atoms with Crippen molar-refractivity contribution in [2.45, 2.75) is 51.7 Å². The Balaban J connectivity index is 1.31. The molecule has 0 bridgehead atoms. The lowest BCUT2D eigenvalue weighted by Gasteiger charge is -2.38. The summed E-state index contributed by atoms with van der Waals surface area (Å²) >= 11 is 6.08. The Kier molecular flexibility index (Phi) is 10.1. The number of hydrogen-bond acceptors (Lipinski definition) is 3. The van der Waals surface area contributed by atoms with Crippen LogP contribution in [0.4, 0.5) is 8.78 Å². The van der Waals surface area contributed by atoms with E-state index in [2.05, 4.69) is 36.1 Å². The van der Waals surface area contributed by atoms with Crippen LogP contribution in [0.1, 0.15) is 36.6 Å². The number of hydrogen-bond donors (Lipinski definition) is 0. The molecule has 5 aromatic rings. The number of para-hydroxylation sites is 1. The average molecular weight is 654 g/mol. The first-order chi connectivity index (χ1) is 22.8. The van der Waals surface area contributed by atoms with Crippen molar-refractivity contribution >= 4 is 28.4 Å². The van der Waals surface area contributed by atoms with E-state index >= 15 is 0 Å². The van der Waals surface area contributed by atoms with E-state index in [0.717, 1.165) is 55.2 Å². The fourth-order valence-electron chi connectivity index (χ4n) is 6.61. The first kappa shape index (κ1) is 32.6. The SMILES string of the molecule is CCN1CCC(N(Cc2ccc(-c3ccc(Cl)cc3)cc2)C(=O)Cn2c(CCc3cccc(F)c3F)cc(=O)c3ccccc32)CC1. The smallest absolute Gasteiger partial charge is 0.243 e. The minimum absolute atomic E-state index is 0.0264. The highest BCUT2D eigenvalue weighted by molar-refractivity contribution is 6.30. The molecule has 1 saturated heterocycles. The van der Waals surface area contributed by atoms with Gasteiger partial charge in [0.2, 0.25) is 5.91 Å². The van der Waals surface area contributed by atoms with E-state index in [1.165, 1.54) is 12.1 Å². The van der Waals surface area contributed by atoms with Gasteiger partial charge in [-0.25, -0.2) is 8.78 Å². The van der Waals surface area contributed by atoms with Crippen LogP contribution in [0, 0.1) is 11.6 Å². The lowest BCUT2D eigenvalue weighted by atomic mass is 10.0. The molecule has 5 nitrogen and oxygen atoms in total. The minimum atomic E-state index is -0.903. The maximum absolute atomic E-state index is 14.5. The van der Waals surface area contributed by atoms with Gasteiger partial charge in [-0.05, 0) is 84.8 Å². The molecule has 0 unspecified atom stereocenters. The highest BCUT2D eigenvalue weighted by atomic mass is 35.5. The molecule has 0 atom stereocenters. The maximum atomic E-state index is 14.5. The molecule has 0 spiro atoms. The fraction of sp³-hybridized carbons (Fsp3) is 0.282. The van der Waals surface area contributed by atoms with Crippen LogP contribution in [-0.4, -0.2) is 46.0 Å². The van der Waals surface area contributed by atoms with E-state index in [0.29, 0.717) is 28.2 Å². The summed E-state index contributed by atoms with van der Waals surface area (Å²) in [5.41, 5.74) is 4.49. The highest BCUT2D eigenvalue weighted by Crippen LogP contribution is 2.25. The van der Waals surface area contributed by atoms with Crippen LogP contribution in [-0.2, 0) is 30.7 Å². The number of carbonyl (C=O) groups is 1. The number of halogens is 3. The number of aromatic nitrogens is 1. The third-order valence-corrected chi connectivity index (χ3v) is 9.58. The summed E-state index contributed by atoms with van der Waals surface area (Å²) in [4.78, 5) is 32.0. The van der Waals surface area contributed by atoms with E-state index < -0.39 is 11.6 Å². The lowest BCUT2D eigenvalue weighted by Crippen LogP contribution is -2.48. The maximum Gasteiger partial charge on any atom is 0.243 e. The molecule has 0 saturated carbocycles. The van der Waals surface area contributed by atoms with Crippen molar-refractivity contribution in [3.63, 3.8) is 0 Å². The second-order valence-corrected chi connectivity index (χ2v) is 12.6. The largest absolute Gasteiger partial charge is 0.335 e. The Morgan fingerprint density at radius 3 is 2.26 bits per heavy atom. The molecule has 47 heavy (non-hydrogen) atoms. The predicted molar refractivity (Wildman–Crippen MR) is 185 cm³/mol. The summed E-state index contributed by atoms with van der Waals surface area (Å²) < 4.78 is 30.4. The second-order valence-electron chi connectivity index (χ2n) is 12.2. The molecule has 1 aliphatic rings. The van der Waals surface area contributed by atoms with Crippen LogP contribution in [0.2, 0.25) is 5.02 Å². The van der Waals surface area contributed by atoms with Gasteiger partial charge in [0, 0.05) is 47.8 Å². The number of rotatable bonds is 10. The zero-order valence-electron chi connectivity index (χ0n) is 26.5. The van der Waals surface area contributed by atoms with Gasteiger partial charge >= 0.3 is 0 Å². The topological polar surface area (TPSA) is 45.5 Å². The van der Waals surface area contributed by atoms with Crippen LogP contribution >= 0.6 is 11.6 Å². The van der Waals surface area contributed by atoms with Gasteiger partial charge in [-0.2, -0.15) is 0 Å². The quantitative estimate of drug-likeness (QED) is 0.154. The van der Waals surface area contributed by atoms with Crippen molar-refractivity contribution in [3.8, 4) is 11.1 Å². The van der Waals surface area contributed by atoms with Gasteiger partial charge in [-0.3, -0.25) is 9.59 Å². The Labute approximate surface area is 279 Å². The number of likely N-dealkylation sites (tertiary alicyclic amines) is 1. The minimum Gasteiger partial charge on any atom is -0.335 e. The van der Waals surface area contributed by atoms with Gasteiger partial charge in [-0.1, -0.05) is 79.2 Å². The molecule has 1 aromatic heterocycles. The van der Waals surface area contributed by atoms with Crippen LogP contribution in [0.5, 0.6) is 0 Å². The van der Waals surface area contributed by atoms with E-state index in [1.54, 1.807) is 18.2 Å². The van der Waals surface area contributed by atoms with Crippen molar-refractivity contribution in [2.24, 2.45) is 0 Å². The third kappa shape index (κ3) is 7.47. The van der Waals surface area contributed by atoms with Gasteiger partial charge in [-0.15, -0.1) is 0 Å². The fourth-order valence-corrected chi connectivity index (χ4v) is 6.74. The molecule has 242 valence electrons. The van der Waals surface area contributed by atoms with Crippen LogP contribution in [0.25, 0.3) is 22.0 Å². The van der Waals surface area contributed by atoms with Gasteiger partial charge in [0.25, 0.3) is 0 Å². The van der Waals surface area contributed by atoms with Crippen LogP contribution in [0.15, 0.2) is 102 Å². The van der Waals surface area contributed by atoms with Gasteiger partial charge < -0.3 is 14.4 Å². The second kappa shape index (κ2) is 14.6. The molecular formula is C39H38ClF2N3O2. The molecule has 1 fully saturated rings. The van der Waals surface area contributed by atoms with E-state index in [9.17, 15) is 18.4 Å². The number of pyridine rings is 1. The van der Waals surface area contributed by atoms with Crippen molar-refractivity contribution in [1.82, 2.24) is 14.4 Å². The van der Waals surface area contributed by atoms with E-state index in [1.807, 2.05) is 45.9 Å². The zero-order chi connectivity index (χ0) is 32.9. The Morgan fingerprint density at radius 1 is 0.872 bits per heavy atom. The van der Waals surface area contributed by atoms with Crippen molar-refractivity contribution in [2.75, 3.05) is 19.6 Å². The number of benzene rings is 4. The molecule has 0 aliphatic carbocycles. The average Bonchev–Trinajstić information content (AvgIpc) is 3.10. The van der Waals surface area contributed by atoms with Crippen molar-refractivity contribution < 1.29 is 13.6 Å². The van der Waals surface area contributed by atoms with Gasteiger partial charge in [0.15, 0.2) is 17.1 Å². The molecule has 1 amide bonds. The van der Waals surface area contributed by atoms with Crippen LogP contribution < -0.4 is 5.43 Å². The summed E-state index contributed by atoms with van der Waals surface area (Å²) in [7, 11) is 0. The first-order valence-electron chi connectivity index (χ1n) is 16.2. The molecule has 0 radical (unpaired) electrons. The number of piperidine rings is 1. The molecule has 0 N–H and O–H groups in total. The Hall–Kier alpha value is -4.33. The number of amides is 1. The molecule has 2 heterocycles. The van der Waals surface area contributed by atoms with Gasteiger partial charge in [0.05, 0.1) is 5.52 Å². The first-order valence-corrected chi connectivity index (χ1v) is 16.6. The Bertz CT molecular complexity index is 1920. The van der Waals surface area contributed by atoms with Crippen molar-refractivity contribution in [3.05, 3.63) is 141 Å². The molecule has 6 rings (SSSR count). The molecular weight excluding hydrogens is 616 g/mol. The number of carbonyl (C=O) groups excluding carboxylic acids is 1. The third-order valence-electron chi connectivity index (χ3n) is 9.33. The summed E-state index contributed by atoms with van der Waals surface area (Å²) in [6.07, 6.45) is 2.21. The summed E-state index contributed by atoms with van der Waals surface area (Å²) in [6.45, 7) is 5.46. The highest BCUT2D eigenvalue weighted by Gasteiger charge is 2.28. The lowest BCUT2D eigenvalue weighted by molar-refractivity contribution is -0.136. The predicted octanol–water partition coefficient (Wildman–Crippen LogP) is 7.90. The van der Waals surface area contributed by atoms with E-state index in [-0.39, 0.29) is 42.3 Å². The number of nitrogens with zero attached hydrogens (tertiary/aromatic N) is 3. The summed E-state index contributed by atoms with van der Waals surface area (Å²) in [6, 6.07) is 29.0. The molecule has 8 heteroatoms. The summed E-state index contributed by atoms with van der Waals surface area (Å²) in [5, 5.41) is 1.20. The number of fused-ring (bicyclic) bond motifs is 1. The summed E-state index contributed by atoms with van der Waals surface area (Å²) in [5.74, 6) is -1.84. The normalized spacial score (nSPS) is 14.0. The standard InChI is InChI=1S/C39H38ClF2N3O2/c1-2-43-22-20-32(21-23-43)45(25-27-10-12-28(13-11-27)29-14-17-31(40)18-15-29)38(47)26-44-33(19-16-30-6-5-8-35(41)39(30)42)24-37(46)34-7-3-4-9-36(34)44/h3-15,17-18,24,32H,2,16,19-23,25-26H2,1H3. The van der Waals surface area contributed by atoms with Gasteiger partial charge in [0.1, 0.15) is 6.54 Å². The Morgan fingerprint density at radius 2 is 1.55 bits per heavy atom. The number of aryl methyl sites for hydroxylation is 2.